The molecule has 5 aromatic rings. The van der Waals surface area contributed by atoms with Gasteiger partial charge < -0.3 is 24.3 Å². The van der Waals surface area contributed by atoms with Crippen LogP contribution in [0.2, 0.25) is 0 Å². The average molecular weight is 567 g/mol. The lowest BCUT2D eigenvalue weighted by Gasteiger charge is -2.33. The number of thiazole rings is 1. The summed E-state index contributed by atoms with van der Waals surface area (Å²) in [6.45, 7) is 2.70. The lowest BCUT2D eigenvalue weighted by atomic mass is 9.87. The SMILES string of the molecule is COc1cc(COC2CNCCC2c2ccc(OCc3cnc(-c4ccccc4)s3)cc2)c(OC)c2ccccc12. The topological polar surface area (TPSA) is 61.8 Å². The first-order valence-corrected chi connectivity index (χ1v) is 14.7. The number of ether oxygens (including phenoxy) is 4. The van der Waals surface area contributed by atoms with E-state index in [1.807, 2.05) is 42.6 Å². The molecule has 1 aliphatic heterocycles. The van der Waals surface area contributed by atoms with Gasteiger partial charge in [-0.2, -0.15) is 0 Å². The minimum Gasteiger partial charge on any atom is -0.496 e. The molecule has 0 amide bonds. The van der Waals surface area contributed by atoms with Crippen LogP contribution in [0.5, 0.6) is 17.2 Å². The summed E-state index contributed by atoms with van der Waals surface area (Å²) in [4.78, 5) is 5.66. The average Bonchev–Trinajstić information content (AvgIpc) is 3.52. The summed E-state index contributed by atoms with van der Waals surface area (Å²) in [5.74, 6) is 2.79. The van der Waals surface area contributed by atoms with Gasteiger partial charge in [0.25, 0.3) is 0 Å². The van der Waals surface area contributed by atoms with Crippen molar-refractivity contribution in [2.75, 3.05) is 27.3 Å². The molecule has 6 rings (SSSR count). The van der Waals surface area contributed by atoms with Crippen molar-refractivity contribution >= 4 is 22.1 Å². The number of nitrogens with one attached hydrogen (secondary N) is 1. The first-order chi connectivity index (χ1) is 20.2. The standard InChI is InChI=1S/C34H34N2O4S/c1-37-31-18-25(33(38-2)30-11-7-6-10-29(30)31)21-40-32-20-35-17-16-28(32)23-12-14-26(15-13-23)39-22-27-19-36-34(41-27)24-8-4-3-5-9-24/h3-15,18-19,28,32,35H,16-17,20-22H2,1-2H3. The molecule has 6 nitrogen and oxygen atoms in total. The highest BCUT2D eigenvalue weighted by molar-refractivity contribution is 7.15. The van der Waals surface area contributed by atoms with Gasteiger partial charge >= 0.3 is 0 Å². The molecule has 7 heteroatoms. The summed E-state index contributed by atoms with van der Waals surface area (Å²) in [5, 5.41) is 6.57. The Morgan fingerprint density at radius 2 is 1.66 bits per heavy atom. The van der Waals surface area contributed by atoms with Gasteiger partial charge in [0.15, 0.2) is 0 Å². The van der Waals surface area contributed by atoms with E-state index in [9.17, 15) is 0 Å². The molecule has 0 spiro atoms. The maximum atomic E-state index is 6.57. The van der Waals surface area contributed by atoms with Crippen LogP contribution in [-0.2, 0) is 18.0 Å². The van der Waals surface area contributed by atoms with Crippen LogP contribution in [-0.4, -0.2) is 38.4 Å². The van der Waals surface area contributed by atoms with Crippen LogP contribution in [0, 0.1) is 0 Å². The second-order valence-electron chi connectivity index (χ2n) is 10.1. The number of rotatable bonds is 10. The molecule has 2 unspecified atom stereocenters. The predicted molar refractivity (Wildman–Crippen MR) is 164 cm³/mol. The van der Waals surface area contributed by atoms with Gasteiger partial charge in [0, 0.05) is 40.6 Å². The highest BCUT2D eigenvalue weighted by Gasteiger charge is 2.28. The van der Waals surface area contributed by atoms with Crippen LogP contribution in [0.1, 0.15) is 28.3 Å². The van der Waals surface area contributed by atoms with Gasteiger partial charge in [-0.1, -0.05) is 66.7 Å². The highest BCUT2D eigenvalue weighted by Crippen LogP contribution is 2.38. The Morgan fingerprint density at radius 3 is 2.44 bits per heavy atom. The Balaban J connectivity index is 1.12. The van der Waals surface area contributed by atoms with Crippen LogP contribution in [0.25, 0.3) is 21.3 Å². The molecular formula is C34H34N2O4S. The molecule has 210 valence electrons. The van der Waals surface area contributed by atoms with Crippen molar-refractivity contribution in [1.29, 1.82) is 0 Å². The fourth-order valence-electron chi connectivity index (χ4n) is 5.53. The maximum Gasteiger partial charge on any atom is 0.132 e. The molecule has 1 saturated heterocycles. The number of methoxy groups -OCH3 is 2. The van der Waals surface area contributed by atoms with Crippen LogP contribution in [0.3, 0.4) is 0 Å². The maximum absolute atomic E-state index is 6.57. The Morgan fingerprint density at radius 1 is 0.878 bits per heavy atom. The van der Waals surface area contributed by atoms with Crippen molar-refractivity contribution in [3.63, 3.8) is 0 Å². The molecule has 2 atom stereocenters. The summed E-state index contributed by atoms with van der Waals surface area (Å²) in [5.41, 5.74) is 3.37. The Bertz CT molecular complexity index is 1590. The largest absolute Gasteiger partial charge is 0.496 e. The van der Waals surface area contributed by atoms with Crippen LogP contribution in [0.4, 0.5) is 0 Å². The number of aromatic nitrogens is 1. The minimum atomic E-state index is 0.0336. The molecule has 0 saturated carbocycles. The number of hydrogen-bond donors (Lipinski definition) is 1. The molecular weight excluding hydrogens is 532 g/mol. The van der Waals surface area contributed by atoms with Crippen molar-refractivity contribution in [3.05, 3.63) is 107 Å². The highest BCUT2D eigenvalue weighted by atomic mass is 32.1. The molecule has 1 aliphatic rings. The minimum absolute atomic E-state index is 0.0336. The summed E-state index contributed by atoms with van der Waals surface area (Å²) in [7, 11) is 3.41. The summed E-state index contributed by atoms with van der Waals surface area (Å²) < 4.78 is 24.2. The van der Waals surface area contributed by atoms with Gasteiger partial charge in [0.2, 0.25) is 0 Å². The number of benzene rings is 4. The number of fused-ring (bicyclic) bond motifs is 1. The lowest BCUT2D eigenvalue weighted by molar-refractivity contribution is 0.00983. The Kier molecular flexibility index (Phi) is 8.46. The lowest BCUT2D eigenvalue weighted by Crippen LogP contribution is -2.41. The van der Waals surface area contributed by atoms with E-state index in [0.717, 1.165) is 68.5 Å². The van der Waals surface area contributed by atoms with Crippen molar-refractivity contribution in [1.82, 2.24) is 10.3 Å². The third-order valence-corrected chi connectivity index (χ3v) is 8.62. The second-order valence-corrected chi connectivity index (χ2v) is 11.2. The fraction of sp³-hybridized carbons (Fsp3) is 0.265. The van der Waals surface area contributed by atoms with Crippen LogP contribution < -0.4 is 19.5 Å². The van der Waals surface area contributed by atoms with Crippen molar-refractivity contribution < 1.29 is 18.9 Å². The molecule has 0 aliphatic carbocycles. The fourth-order valence-corrected chi connectivity index (χ4v) is 6.36. The van der Waals surface area contributed by atoms with E-state index in [1.165, 1.54) is 5.56 Å². The number of nitrogens with zero attached hydrogens (tertiary/aromatic N) is 1. The quantitative estimate of drug-likeness (QED) is 0.193. The van der Waals surface area contributed by atoms with E-state index in [1.54, 1.807) is 25.6 Å². The zero-order valence-electron chi connectivity index (χ0n) is 23.3. The van der Waals surface area contributed by atoms with Crippen LogP contribution >= 0.6 is 11.3 Å². The van der Waals surface area contributed by atoms with Gasteiger partial charge in [-0.15, -0.1) is 11.3 Å². The van der Waals surface area contributed by atoms with Gasteiger partial charge in [-0.25, -0.2) is 4.98 Å². The first-order valence-electron chi connectivity index (χ1n) is 13.9. The van der Waals surface area contributed by atoms with Crippen molar-refractivity contribution in [2.24, 2.45) is 0 Å². The van der Waals surface area contributed by atoms with Crippen LogP contribution in [0.15, 0.2) is 91.1 Å². The Labute approximate surface area is 244 Å². The molecule has 41 heavy (non-hydrogen) atoms. The summed E-state index contributed by atoms with van der Waals surface area (Å²) >= 11 is 1.66. The third-order valence-electron chi connectivity index (χ3n) is 7.60. The monoisotopic (exact) mass is 566 g/mol. The van der Waals surface area contributed by atoms with Gasteiger partial charge in [0.05, 0.1) is 31.8 Å². The smallest absolute Gasteiger partial charge is 0.132 e. The molecule has 0 bridgehead atoms. The summed E-state index contributed by atoms with van der Waals surface area (Å²) in [6.07, 6.45) is 2.94. The van der Waals surface area contributed by atoms with Gasteiger partial charge in [-0.05, 0) is 36.7 Å². The normalized spacial score (nSPS) is 16.9. The van der Waals surface area contributed by atoms with E-state index < -0.39 is 0 Å². The second kappa shape index (κ2) is 12.7. The molecule has 1 fully saturated rings. The molecule has 4 aromatic carbocycles. The number of hydrogen-bond acceptors (Lipinski definition) is 7. The zero-order valence-corrected chi connectivity index (χ0v) is 24.2. The van der Waals surface area contributed by atoms with E-state index in [-0.39, 0.29) is 12.0 Å². The molecule has 1 N–H and O–H groups in total. The van der Waals surface area contributed by atoms with E-state index >= 15 is 0 Å². The van der Waals surface area contributed by atoms with Crippen molar-refractivity contribution in [2.45, 2.75) is 31.7 Å². The molecule has 0 radical (unpaired) electrons. The molecule has 2 heterocycles. The molecule has 1 aromatic heterocycles. The zero-order chi connectivity index (χ0) is 28.0. The Hall–Kier alpha value is -3.91. The van der Waals surface area contributed by atoms with Crippen molar-refractivity contribution in [3.8, 4) is 27.8 Å². The summed E-state index contributed by atoms with van der Waals surface area (Å²) in [6, 6.07) is 28.9. The van der Waals surface area contributed by atoms with E-state index in [2.05, 4.69) is 58.8 Å². The number of piperidine rings is 1. The van der Waals surface area contributed by atoms with Gasteiger partial charge in [-0.3, -0.25) is 0 Å². The van der Waals surface area contributed by atoms with Gasteiger partial charge in [0.1, 0.15) is 28.9 Å². The van der Waals surface area contributed by atoms with E-state index in [0.29, 0.717) is 13.2 Å². The van der Waals surface area contributed by atoms with E-state index in [4.69, 9.17) is 18.9 Å². The predicted octanol–water partition coefficient (Wildman–Crippen LogP) is 7.22. The third kappa shape index (κ3) is 6.07. The first kappa shape index (κ1) is 27.3.